The minimum atomic E-state index is 0.608. The van der Waals surface area contributed by atoms with Gasteiger partial charge < -0.3 is 15.2 Å². The third kappa shape index (κ3) is 2.15. The van der Waals surface area contributed by atoms with E-state index in [-0.39, 0.29) is 0 Å². The van der Waals surface area contributed by atoms with Crippen molar-refractivity contribution in [3.63, 3.8) is 0 Å². The Morgan fingerprint density at radius 3 is 2.00 bits per heavy atom. The van der Waals surface area contributed by atoms with Crippen molar-refractivity contribution in [2.24, 2.45) is 0 Å². The summed E-state index contributed by atoms with van der Waals surface area (Å²) in [6.45, 7) is 0. The van der Waals surface area contributed by atoms with Gasteiger partial charge in [0.25, 0.3) is 0 Å². The summed E-state index contributed by atoms with van der Waals surface area (Å²) in [5, 5.41) is 0. The predicted octanol–water partition coefficient (Wildman–Crippen LogP) is 2.35. The SMILES string of the molecule is COc1cc(N)cc(OC)c1-c1ccncc1. The quantitative estimate of drug-likeness (QED) is 0.822. The molecule has 1 aromatic carbocycles. The molecule has 0 aliphatic carbocycles. The first-order valence-electron chi connectivity index (χ1n) is 5.18. The van der Waals surface area contributed by atoms with Crippen LogP contribution in [0.25, 0.3) is 11.1 Å². The predicted molar refractivity (Wildman–Crippen MR) is 67.2 cm³/mol. The van der Waals surface area contributed by atoms with Crippen LogP contribution in [-0.4, -0.2) is 19.2 Å². The molecule has 4 heteroatoms. The lowest BCUT2D eigenvalue weighted by atomic mass is 10.0. The van der Waals surface area contributed by atoms with Crippen LogP contribution < -0.4 is 15.2 Å². The van der Waals surface area contributed by atoms with Crippen molar-refractivity contribution < 1.29 is 9.47 Å². The summed E-state index contributed by atoms with van der Waals surface area (Å²) < 4.78 is 10.7. The van der Waals surface area contributed by atoms with Gasteiger partial charge in [-0.2, -0.15) is 0 Å². The topological polar surface area (TPSA) is 57.4 Å². The maximum atomic E-state index is 5.79. The summed E-state index contributed by atoms with van der Waals surface area (Å²) in [5.41, 5.74) is 8.25. The smallest absolute Gasteiger partial charge is 0.132 e. The van der Waals surface area contributed by atoms with Crippen molar-refractivity contribution in [1.29, 1.82) is 0 Å². The second-order valence-electron chi connectivity index (χ2n) is 3.54. The fraction of sp³-hybridized carbons (Fsp3) is 0.154. The Labute approximate surface area is 100 Å². The number of anilines is 1. The average molecular weight is 230 g/mol. The minimum absolute atomic E-state index is 0.608. The number of rotatable bonds is 3. The van der Waals surface area contributed by atoms with Crippen LogP contribution in [0.5, 0.6) is 11.5 Å². The van der Waals surface area contributed by atoms with Gasteiger partial charge in [-0.15, -0.1) is 0 Å². The molecule has 0 saturated carbocycles. The van der Waals surface area contributed by atoms with Gasteiger partial charge in [0.15, 0.2) is 0 Å². The molecule has 88 valence electrons. The molecule has 2 N–H and O–H groups in total. The molecule has 17 heavy (non-hydrogen) atoms. The second kappa shape index (κ2) is 4.74. The summed E-state index contributed by atoms with van der Waals surface area (Å²) >= 11 is 0. The van der Waals surface area contributed by atoms with E-state index in [0.29, 0.717) is 17.2 Å². The van der Waals surface area contributed by atoms with Crippen molar-refractivity contribution in [3.8, 4) is 22.6 Å². The molecule has 0 saturated heterocycles. The molecular formula is C13H14N2O2. The largest absolute Gasteiger partial charge is 0.496 e. The van der Waals surface area contributed by atoms with Crippen LogP contribution in [0.1, 0.15) is 0 Å². The molecule has 0 radical (unpaired) electrons. The van der Waals surface area contributed by atoms with Crippen molar-refractivity contribution >= 4 is 5.69 Å². The van der Waals surface area contributed by atoms with Crippen molar-refractivity contribution in [1.82, 2.24) is 4.98 Å². The van der Waals surface area contributed by atoms with Gasteiger partial charge in [-0.1, -0.05) is 0 Å². The highest BCUT2D eigenvalue weighted by Gasteiger charge is 2.13. The Morgan fingerprint density at radius 2 is 1.53 bits per heavy atom. The highest BCUT2D eigenvalue weighted by atomic mass is 16.5. The lowest BCUT2D eigenvalue weighted by molar-refractivity contribution is 0.398. The average Bonchev–Trinajstić information content (AvgIpc) is 2.38. The van der Waals surface area contributed by atoms with Gasteiger partial charge >= 0.3 is 0 Å². The molecule has 0 aliphatic rings. The van der Waals surface area contributed by atoms with E-state index < -0.39 is 0 Å². The maximum Gasteiger partial charge on any atom is 0.132 e. The van der Waals surface area contributed by atoms with E-state index in [9.17, 15) is 0 Å². The zero-order valence-corrected chi connectivity index (χ0v) is 9.81. The Balaban J connectivity index is 2.66. The van der Waals surface area contributed by atoms with Crippen LogP contribution in [0.2, 0.25) is 0 Å². The normalized spacial score (nSPS) is 10.0. The summed E-state index contributed by atoms with van der Waals surface area (Å²) in [4.78, 5) is 3.99. The standard InChI is InChI=1S/C13H14N2O2/c1-16-11-7-10(14)8-12(17-2)13(11)9-3-5-15-6-4-9/h3-8H,14H2,1-2H3. The first kappa shape index (κ1) is 11.3. The van der Waals surface area contributed by atoms with Crippen LogP contribution in [0.4, 0.5) is 5.69 Å². The number of ether oxygens (including phenoxy) is 2. The van der Waals surface area contributed by atoms with Gasteiger partial charge in [-0.05, 0) is 17.7 Å². The summed E-state index contributed by atoms with van der Waals surface area (Å²) in [6, 6.07) is 7.35. The zero-order chi connectivity index (χ0) is 12.3. The number of benzene rings is 1. The number of hydrogen-bond acceptors (Lipinski definition) is 4. The Bertz CT molecular complexity index is 487. The summed E-state index contributed by atoms with van der Waals surface area (Å²) in [5.74, 6) is 1.38. The van der Waals surface area contributed by atoms with E-state index in [4.69, 9.17) is 15.2 Å². The van der Waals surface area contributed by atoms with E-state index in [1.54, 1.807) is 38.7 Å². The molecule has 0 bridgehead atoms. The number of methoxy groups -OCH3 is 2. The zero-order valence-electron chi connectivity index (χ0n) is 9.81. The van der Waals surface area contributed by atoms with E-state index in [1.165, 1.54) is 0 Å². The van der Waals surface area contributed by atoms with Crippen molar-refractivity contribution in [3.05, 3.63) is 36.7 Å². The van der Waals surface area contributed by atoms with Gasteiger partial charge in [0.2, 0.25) is 0 Å². The third-order valence-corrected chi connectivity index (χ3v) is 2.50. The van der Waals surface area contributed by atoms with Gasteiger partial charge in [0.1, 0.15) is 11.5 Å². The van der Waals surface area contributed by atoms with Crippen LogP contribution in [0, 0.1) is 0 Å². The van der Waals surface area contributed by atoms with Gasteiger partial charge in [0, 0.05) is 30.2 Å². The molecule has 2 rings (SSSR count). The molecule has 0 unspecified atom stereocenters. The van der Waals surface area contributed by atoms with Crippen LogP contribution in [0.15, 0.2) is 36.7 Å². The highest BCUT2D eigenvalue weighted by molar-refractivity contribution is 5.79. The molecule has 0 aliphatic heterocycles. The van der Waals surface area contributed by atoms with Crippen LogP contribution in [0.3, 0.4) is 0 Å². The Hall–Kier alpha value is -2.23. The number of nitrogen functional groups attached to an aromatic ring is 1. The Kier molecular flexibility index (Phi) is 3.14. The Morgan fingerprint density at radius 1 is 1.00 bits per heavy atom. The van der Waals surface area contributed by atoms with E-state index in [0.717, 1.165) is 11.1 Å². The summed E-state index contributed by atoms with van der Waals surface area (Å²) in [6.07, 6.45) is 3.45. The summed E-state index contributed by atoms with van der Waals surface area (Å²) in [7, 11) is 3.22. The van der Waals surface area contributed by atoms with Gasteiger partial charge in [-0.25, -0.2) is 0 Å². The molecule has 4 nitrogen and oxygen atoms in total. The molecular weight excluding hydrogens is 216 g/mol. The molecule has 0 atom stereocenters. The number of hydrogen-bond donors (Lipinski definition) is 1. The fourth-order valence-electron chi connectivity index (χ4n) is 1.74. The first-order chi connectivity index (χ1) is 8.26. The first-order valence-corrected chi connectivity index (χ1v) is 5.18. The molecule has 0 fully saturated rings. The third-order valence-electron chi connectivity index (χ3n) is 2.50. The molecule has 1 aromatic heterocycles. The number of aromatic nitrogens is 1. The van der Waals surface area contributed by atoms with E-state index >= 15 is 0 Å². The second-order valence-corrected chi connectivity index (χ2v) is 3.54. The van der Waals surface area contributed by atoms with Crippen molar-refractivity contribution in [2.45, 2.75) is 0 Å². The van der Waals surface area contributed by atoms with Crippen LogP contribution in [-0.2, 0) is 0 Å². The van der Waals surface area contributed by atoms with E-state index in [1.807, 2.05) is 12.1 Å². The fourth-order valence-corrected chi connectivity index (χ4v) is 1.74. The van der Waals surface area contributed by atoms with Gasteiger partial charge in [0.05, 0.1) is 19.8 Å². The lowest BCUT2D eigenvalue weighted by Crippen LogP contribution is -1.96. The lowest BCUT2D eigenvalue weighted by Gasteiger charge is -2.14. The number of pyridine rings is 1. The van der Waals surface area contributed by atoms with Gasteiger partial charge in [-0.3, -0.25) is 4.98 Å². The highest BCUT2D eigenvalue weighted by Crippen LogP contribution is 2.39. The number of nitrogens with zero attached hydrogens (tertiary/aromatic N) is 1. The van der Waals surface area contributed by atoms with Crippen molar-refractivity contribution in [2.75, 3.05) is 20.0 Å². The minimum Gasteiger partial charge on any atom is -0.496 e. The number of nitrogens with two attached hydrogens (primary N) is 1. The monoisotopic (exact) mass is 230 g/mol. The molecule has 0 amide bonds. The maximum absolute atomic E-state index is 5.79. The van der Waals surface area contributed by atoms with E-state index in [2.05, 4.69) is 4.98 Å². The molecule has 0 spiro atoms. The van der Waals surface area contributed by atoms with Crippen LogP contribution >= 0.6 is 0 Å². The molecule has 2 aromatic rings. The molecule has 1 heterocycles.